The molecule has 2 aromatic heterocycles. The summed E-state index contributed by atoms with van der Waals surface area (Å²) in [6.07, 6.45) is 3.48. The standard InChI is InChI=1S/C15H17N5O2S/c1-19(2)23(21,22)8-7-20-11-15(17-18-20)13-9-12-5-3-4-6-14(12)16-10-13/h3-6,9-11H,7-8H2,1-2H3. The molecule has 0 radical (unpaired) electrons. The van der Waals surface area contributed by atoms with Crippen LogP contribution in [-0.4, -0.2) is 52.5 Å². The molecule has 23 heavy (non-hydrogen) atoms. The Morgan fingerprint density at radius 3 is 2.78 bits per heavy atom. The Labute approximate surface area is 134 Å². The van der Waals surface area contributed by atoms with Crippen molar-refractivity contribution in [3.63, 3.8) is 0 Å². The first-order valence-electron chi connectivity index (χ1n) is 7.11. The molecule has 3 rings (SSSR count). The van der Waals surface area contributed by atoms with Crippen LogP contribution in [0.5, 0.6) is 0 Å². The zero-order valence-electron chi connectivity index (χ0n) is 12.9. The van der Waals surface area contributed by atoms with Crippen LogP contribution in [0.4, 0.5) is 0 Å². The number of rotatable bonds is 5. The van der Waals surface area contributed by atoms with Crippen LogP contribution in [0.2, 0.25) is 0 Å². The van der Waals surface area contributed by atoms with Gasteiger partial charge in [-0.1, -0.05) is 23.4 Å². The van der Waals surface area contributed by atoms with Crippen LogP contribution in [0.25, 0.3) is 22.2 Å². The van der Waals surface area contributed by atoms with Gasteiger partial charge in [-0.2, -0.15) is 0 Å². The maximum absolute atomic E-state index is 11.8. The summed E-state index contributed by atoms with van der Waals surface area (Å²) in [6, 6.07) is 9.82. The lowest BCUT2D eigenvalue weighted by molar-refractivity contribution is 0.510. The molecule has 0 spiro atoms. The number of aromatic nitrogens is 4. The molecule has 0 unspecified atom stereocenters. The Kier molecular flexibility index (Phi) is 4.10. The molecule has 8 heteroatoms. The van der Waals surface area contributed by atoms with Crippen LogP contribution in [0.1, 0.15) is 0 Å². The molecule has 0 aliphatic carbocycles. The van der Waals surface area contributed by atoms with Crippen LogP contribution in [0.3, 0.4) is 0 Å². The van der Waals surface area contributed by atoms with Gasteiger partial charge in [0, 0.05) is 31.2 Å². The van der Waals surface area contributed by atoms with Gasteiger partial charge in [0.25, 0.3) is 0 Å². The number of para-hydroxylation sites is 1. The quantitative estimate of drug-likeness (QED) is 0.705. The van der Waals surface area contributed by atoms with E-state index in [9.17, 15) is 8.42 Å². The van der Waals surface area contributed by atoms with Crippen molar-refractivity contribution in [2.45, 2.75) is 6.54 Å². The molecular formula is C15H17N5O2S. The molecule has 0 bridgehead atoms. The second-order valence-corrected chi connectivity index (χ2v) is 7.68. The van der Waals surface area contributed by atoms with E-state index < -0.39 is 10.0 Å². The zero-order valence-corrected chi connectivity index (χ0v) is 13.7. The number of sulfonamides is 1. The Morgan fingerprint density at radius 1 is 1.22 bits per heavy atom. The maximum atomic E-state index is 11.8. The average Bonchev–Trinajstić information content (AvgIpc) is 3.01. The van der Waals surface area contributed by atoms with Crippen molar-refractivity contribution in [3.8, 4) is 11.3 Å². The van der Waals surface area contributed by atoms with Gasteiger partial charge < -0.3 is 0 Å². The minimum absolute atomic E-state index is 0.0151. The van der Waals surface area contributed by atoms with Crippen molar-refractivity contribution in [2.24, 2.45) is 0 Å². The van der Waals surface area contributed by atoms with E-state index in [1.54, 1.807) is 12.4 Å². The second-order valence-electron chi connectivity index (χ2n) is 5.38. The predicted molar refractivity (Wildman–Crippen MR) is 88.2 cm³/mol. The van der Waals surface area contributed by atoms with Gasteiger partial charge in [-0.25, -0.2) is 12.7 Å². The monoisotopic (exact) mass is 331 g/mol. The van der Waals surface area contributed by atoms with Crippen molar-refractivity contribution in [2.75, 3.05) is 19.8 Å². The SMILES string of the molecule is CN(C)S(=O)(=O)CCn1cc(-c2cnc3ccccc3c2)nn1. The molecule has 0 atom stereocenters. The Bertz CT molecular complexity index is 934. The Hall–Kier alpha value is -2.32. The second kappa shape index (κ2) is 6.05. The molecule has 7 nitrogen and oxygen atoms in total. The normalized spacial score (nSPS) is 12.1. The summed E-state index contributed by atoms with van der Waals surface area (Å²) >= 11 is 0. The van der Waals surface area contributed by atoms with E-state index in [1.807, 2.05) is 30.3 Å². The minimum Gasteiger partial charge on any atom is -0.256 e. The van der Waals surface area contributed by atoms with Crippen molar-refractivity contribution in [1.29, 1.82) is 0 Å². The first kappa shape index (κ1) is 15.6. The number of hydrogen-bond acceptors (Lipinski definition) is 5. The lowest BCUT2D eigenvalue weighted by Gasteiger charge is -2.10. The highest BCUT2D eigenvalue weighted by Gasteiger charge is 2.14. The van der Waals surface area contributed by atoms with E-state index >= 15 is 0 Å². The number of hydrogen-bond donors (Lipinski definition) is 0. The molecule has 0 N–H and O–H groups in total. The molecular weight excluding hydrogens is 314 g/mol. The summed E-state index contributed by atoms with van der Waals surface area (Å²) in [5.41, 5.74) is 2.44. The third-order valence-electron chi connectivity index (χ3n) is 3.56. The van der Waals surface area contributed by atoms with Crippen LogP contribution in [0, 0.1) is 0 Å². The molecule has 0 amide bonds. The average molecular weight is 331 g/mol. The minimum atomic E-state index is -3.25. The molecule has 0 saturated heterocycles. The van der Waals surface area contributed by atoms with E-state index in [-0.39, 0.29) is 12.3 Å². The van der Waals surface area contributed by atoms with Gasteiger partial charge in [0.1, 0.15) is 5.69 Å². The number of benzene rings is 1. The number of fused-ring (bicyclic) bond motifs is 1. The molecule has 0 saturated carbocycles. The van der Waals surface area contributed by atoms with Gasteiger partial charge in [-0.3, -0.25) is 9.67 Å². The van der Waals surface area contributed by atoms with E-state index in [4.69, 9.17) is 0 Å². The van der Waals surface area contributed by atoms with Crippen molar-refractivity contribution < 1.29 is 8.42 Å². The fraction of sp³-hybridized carbons (Fsp3) is 0.267. The van der Waals surface area contributed by atoms with Crippen LogP contribution in [-0.2, 0) is 16.6 Å². The first-order valence-corrected chi connectivity index (χ1v) is 8.72. The van der Waals surface area contributed by atoms with E-state index in [0.29, 0.717) is 5.69 Å². The van der Waals surface area contributed by atoms with E-state index in [0.717, 1.165) is 16.5 Å². The summed E-state index contributed by atoms with van der Waals surface area (Å²) in [5, 5.41) is 9.12. The fourth-order valence-electron chi connectivity index (χ4n) is 2.14. The summed E-state index contributed by atoms with van der Waals surface area (Å²) in [6.45, 7) is 0.258. The van der Waals surface area contributed by atoms with Gasteiger partial charge in [0.15, 0.2) is 0 Å². The molecule has 1 aromatic carbocycles. The summed E-state index contributed by atoms with van der Waals surface area (Å²) in [7, 11) is -0.215. The zero-order chi connectivity index (χ0) is 16.4. The molecule has 120 valence electrons. The van der Waals surface area contributed by atoms with Crippen LogP contribution < -0.4 is 0 Å². The summed E-state index contributed by atoms with van der Waals surface area (Å²) in [4.78, 5) is 4.40. The third kappa shape index (κ3) is 3.38. The first-order chi connectivity index (χ1) is 11.0. The van der Waals surface area contributed by atoms with Gasteiger partial charge in [-0.15, -0.1) is 5.10 Å². The van der Waals surface area contributed by atoms with Crippen molar-refractivity contribution >= 4 is 20.9 Å². The van der Waals surface area contributed by atoms with Gasteiger partial charge in [-0.05, 0) is 12.1 Å². The summed E-state index contributed by atoms with van der Waals surface area (Å²) < 4.78 is 26.3. The molecule has 2 heterocycles. The largest absolute Gasteiger partial charge is 0.256 e. The smallest absolute Gasteiger partial charge is 0.215 e. The summed E-state index contributed by atoms with van der Waals surface area (Å²) in [5.74, 6) is -0.0151. The highest BCUT2D eigenvalue weighted by molar-refractivity contribution is 7.89. The third-order valence-corrected chi connectivity index (χ3v) is 5.37. The molecule has 3 aromatic rings. The molecule has 0 aliphatic heterocycles. The molecule has 0 aliphatic rings. The van der Waals surface area contributed by atoms with Crippen molar-refractivity contribution in [1.82, 2.24) is 24.3 Å². The Balaban J connectivity index is 1.80. The highest BCUT2D eigenvalue weighted by Crippen LogP contribution is 2.20. The van der Waals surface area contributed by atoms with Gasteiger partial charge >= 0.3 is 0 Å². The fourth-order valence-corrected chi connectivity index (χ4v) is 2.93. The van der Waals surface area contributed by atoms with Gasteiger partial charge in [0.05, 0.1) is 24.0 Å². The number of nitrogens with zero attached hydrogens (tertiary/aromatic N) is 5. The van der Waals surface area contributed by atoms with Crippen LogP contribution >= 0.6 is 0 Å². The number of pyridine rings is 1. The Morgan fingerprint density at radius 2 is 2.00 bits per heavy atom. The van der Waals surface area contributed by atoms with Crippen LogP contribution in [0.15, 0.2) is 42.7 Å². The molecule has 0 fully saturated rings. The maximum Gasteiger partial charge on any atom is 0.215 e. The predicted octanol–water partition coefficient (Wildman–Crippen LogP) is 1.38. The highest BCUT2D eigenvalue weighted by atomic mass is 32.2. The van der Waals surface area contributed by atoms with Crippen molar-refractivity contribution in [3.05, 3.63) is 42.7 Å². The lowest BCUT2D eigenvalue weighted by atomic mass is 10.1. The van der Waals surface area contributed by atoms with Gasteiger partial charge in [0.2, 0.25) is 10.0 Å². The topological polar surface area (TPSA) is 81.0 Å². The lowest BCUT2D eigenvalue weighted by Crippen LogP contribution is -2.27. The van der Waals surface area contributed by atoms with E-state index in [2.05, 4.69) is 15.3 Å². The number of aryl methyl sites for hydroxylation is 1. The van der Waals surface area contributed by atoms with E-state index in [1.165, 1.54) is 23.1 Å².